The maximum atomic E-state index is 13.0. The van der Waals surface area contributed by atoms with Gasteiger partial charge in [0.15, 0.2) is 0 Å². The Hall–Kier alpha value is -2.41. The molecule has 0 radical (unpaired) electrons. The van der Waals surface area contributed by atoms with E-state index in [1.807, 2.05) is 50.2 Å². The molecule has 2 fully saturated rings. The Labute approximate surface area is 166 Å². The van der Waals surface area contributed by atoms with Gasteiger partial charge in [-0.1, -0.05) is 25.5 Å². The van der Waals surface area contributed by atoms with E-state index in [0.717, 1.165) is 11.3 Å². The molecule has 0 aliphatic carbocycles. The van der Waals surface area contributed by atoms with Crippen LogP contribution in [-0.2, 0) is 19.1 Å². The fourth-order valence-corrected chi connectivity index (χ4v) is 4.59. The molecular formula is C21H29N3O4. The zero-order valence-corrected chi connectivity index (χ0v) is 17.2. The van der Waals surface area contributed by atoms with Crippen LogP contribution >= 0.6 is 0 Å². The summed E-state index contributed by atoms with van der Waals surface area (Å²) in [6, 6.07) is 7.43. The molecule has 28 heavy (non-hydrogen) atoms. The molecule has 1 aromatic carbocycles. The number of nitrogens with zero attached hydrogens (tertiary/aromatic N) is 2. The van der Waals surface area contributed by atoms with Crippen LogP contribution in [0.25, 0.3) is 0 Å². The number of benzene rings is 1. The van der Waals surface area contributed by atoms with Crippen LogP contribution < -0.4 is 10.2 Å². The molecule has 7 heteroatoms. The summed E-state index contributed by atoms with van der Waals surface area (Å²) in [5, 5.41) is 3.38. The van der Waals surface area contributed by atoms with Gasteiger partial charge in [-0.3, -0.25) is 24.6 Å². The monoisotopic (exact) mass is 387 g/mol. The van der Waals surface area contributed by atoms with Crippen molar-refractivity contribution in [2.24, 2.45) is 11.8 Å². The molecule has 2 aliphatic heterocycles. The number of rotatable bonds is 6. The Morgan fingerprint density at radius 2 is 1.82 bits per heavy atom. The van der Waals surface area contributed by atoms with Crippen molar-refractivity contribution in [3.8, 4) is 0 Å². The van der Waals surface area contributed by atoms with Gasteiger partial charge in [0.2, 0.25) is 11.8 Å². The molecule has 0 spiro atoms. The topological polar surface area (TPSA) is 79.0 Å². The van der Waals surface area contributed by atoms with Crippen LogP contribution in [-0.4, -0.2) is 56.0 Å². The molecule has 1 N–H and O–H groups in total. The summed E-state index contributed by atoms with van der Waals surface area (Å²) in [4.78, 5) is 42.1. The highest BCUT2D eigenvalue weighted by Gasteiger charge is 2.67. The number of hydrogen-bond donors (Lipinski definition) is 1. The summed E-state index contributed by atoms with van der Waals surface area (Å²) < 4.78 is 5.35. The molecule has 2 saturated heterocycles. The van der Waals surface area contributed by atoms with Crippen LogP contribution in [0.5, 0.6) is 0 Å². The summed E-state index contributed by atoms with van der Waals surface area (Å²) in [5.41, 5.74) is 0.742. The number of anilines is 1. The van der Waals surface area contributed by atoms with E-state index < -0.39 is 29.4 Å². The van der Waals surface area contributed by atoms with E-state index in [1.165, 1.54) is 11.9 Å². The summed E-state index contributed by atoms with van der Waals surface area (Å²) in [5.74, 6) is -2.36. The Morgan fingerprint density at radius 3 is 2.36 bits per heavy atom. The number of carbonyl (C=O) groups excluding carboxylic acids is 3. The number of esters is 1. The second-order valence-electron chi connectivity index (χ2n) is 7.79. The molecule has 7 nitrogen and oxygen atoms in total. The lowest BCUT2D eigenvalue weighted by atomic mass is 9.77. The highest BCUT2D eigenvalue weighted by Crippen LogP contribution is 2.50. The largest absolute Gasteiger partial charge is 0.465 e. The number of likely N-dealkylation sites (tertiary alicyclic amines) is 1. The lowest BCUT2D eigenvalue weighted by Gasteiger charge is -2.32. The number of fused-ring (bicyclic) bond motifs is 1. The first-order valence-electron chi connectivity index (χ1n) is 9.82. The summed E-state index contributed by atoms with van der Waals surface area (Å²) >= 11 is 0. The van der Waals surface area contributed by atoms with Crippen molar-refractivity contribution in [3.63, 3.8) is 0 Å². The van der Waals surface area contributed by atoms with Crippen LogP contribution in [0.15, 0.2) is 24.3 Å². The average molecular weight is 387 g/mol. The third-order valence-corrected chi connectivity index (χ3v) is 5.93. The second-order valence-corrected chi connectivity index (χ2v) is 7.79. The number of nitrogens with one attached hydrogen (secondary N) is 1. The van der Waals surface area contributed by atoms with Crippen molar-refractivity contribution in [1.82, 2.24) is 10.2 Å². The molecule has 2 heterocycles. The maximum absolute atomic E-state index is 13.0. The highest BCUT2D eigenvalue weighted by molar-refractivity contribution is 6.09. The molecule has 2 amide bonds. The Balaban J connectivity index is 2.08. The molecule has 0 saturated carbocycles. The van der Waals surface area contributed by atoms with Gasteiger partial charge in [-0.25, -0.2) is 0 Å². The molecular weight excluding hydrogens is 358 g/mol. The predicted molar refractivity (Wildman–Crippen MR) is 106 cm³/mol. The number of hydrogen-bond acceptors (Lipinski definition) is 6. The molecule has 0 bridgehead atoms. The first-order valence-corrected chi connectivity index (χ1v) is 9.82. The molecule has 3 rings (SSSR count). The fraction of sp³-hybridized carbons (Fsp3) is 0.571. The minimum atomic E-state index is -1.18. The Bertz CT molecular complexity index is 776. The summed E-state index contributed by atoms with van der Waals surface area (Å²) in [7, 11) is 5.41. The van der Waals surface area contributed by atoms with E-state index in [9.17, 15) is 14.4 Å². The second kappa shape index (κ2) is 7.54. The van der Waals surface area contributed by atoms with Gasteiger partial charge in [-0.2, -0.15) is 0 Å². The van der Waals surface area contributed by atoms with E-state index >= 15 is 0 Å². The van der Waals surface area contributed by atoms with Gasteiger partial charge in [0.05, 0.1) is 18.4 Å². The molecule has 2 aliphatic rings. The van der Waals surface area contributed by atoms with Crippen molar-refractivity contribution >= 4 is 23.5 Å². The van der Waals surface area contributed by atoms with E-state index in [4.69, 9.17) is 4.74 Å². The molecule has 0 unspecified atom stereocenters. The van der Waals surface area contributed by atoms with E-state index in [0.29, 0.717) is 12.8 Å². The molecule has 0 aromatic heterocycles. The average Bonchev–Trinajstić information content (AvgIpc) is 3.13. The van der Waals surface area contributed by atoms with Crippen LogP contribution in [0.3, 0.4) is 0 Å². The van der Waals surface area contributed by atoms with Gasteiger partial charge in [0.1, 0.15) is 5.54 Å². The summed E-state index contributed by atoms with van der Waals surface area (Å²) in [6.07, 6.45) is 1.12. The van der Waals surface area contributed by atoms with Crippen LogP contribution in [0.4, 0.5) is 5.69 Å². The summed E-state index contributed by atoms with van der Waals surface area (Å²) in [6.45, 7) is 3.93. The fourth-order valence-electron chi connectivity index (χ4n) is 4.59. The van der Waals surface area contributed by atoms with Gasteiger partial charge in [-0.05, 0) is 31.0 Å². The zero-order chi connectivity index (χ0) is 20.6. The first-order chi connectivity index (χ1) is 13.3. The van der Waals surface area contributed by atoms with Crippen molar-refractivity contribution in [2.75, 3.05) is 32.6 Å². The van der Waals surface area contributed by atoms with E-state index in [2.05, 4.69) is 5.32 Å². The third-order valence-electron chi connectivity index (χ3n) is 5.93. The van der Waals surface area contributed by atoms with Crippen LogP contribution in [0.2, 0.25) is 0 Å². The standard InChI is InChI=1S/C21H29N3O4/c1-6-12-21(20(27)28-7-2)16-15(18(25)24(5)19(16)26)17(22-21)13-8-10-14(11-9-13)23(3)4/h8-11,15-17,22H,6-7,12H2,1-5H3/t15-,16-,17-,21+/m0/s1. The van der Waals surface area contributed by atoms with Crippen molar-refractivity contribution in [2.45, 2.75) is 38.3 Å². The van der Waals surface area contributed by atoms with Gasteiger partial charge in [0.25, 0.3) is 0 Å². The minimum Gasteiger partial charge on any atom is -0.465 e. The van der Waals surface area contributed by atoms with E-state index in [1.54, 1.807) is 6.92 Å². The van der Waals surface area contributed by atoms with Crippen LogP contribution in [0.1, 0.15) is 38.3 Å². The van der Waals surface area contributed by atoms with Gasteiger partial charge < -0.3 is 9.64 Å². The molecule has 4 atom stereocenters. The lowest BCUT2D eigenvalue weighted by Crippen LogP contribution is -2.56. The number of imide groups is 1. The third kappa shape index (κ3) is 2.98. The van der Waals surface area contributed by atoms with Crippen molar-refractivity contribution in [3.05, 3.63) is 29.8 Å². The zero-order valence-electron chi connectivity index (χ0n) is 17.2. The van der Waals surface area contributed by atoms with Crippen molar-refractivity contribution < 1.29 is 19.1 Å². The number of carbonyl (C=O) groups is 3. The molecule has 152 valence electrons. The lowest BCUT2D eigenvalue weighted by molar-refractivity contribution is -0.156. The first kappa shape index (κ1) is 20.3. The van der Waals surface area contributed by atoms with E-state index in [-0.39, 0.29) is 18.4 Å². The normalized spacial score (nSPS) is 29.2. The maximum Gasteiger partial charge on any atom is 0.327 e. The number of amides is 2. The van der Waals surface area contributed by atoms with Crippen molar-refractivity contribution in [1.29, 1.82) is 0 Å². The number of ether oxygens (including phenoxy) is 1. The smallest absolute Gasteiger partial charge is 0.327 e. The predicted octanol–water partition coefficient (Wildman–Crippen LogP) is 1.73. The molecule has 1 aromatic rings. The van der Waals surface area contributed by atoms with Crippen LogP contribution in [0, 0.1) is 11.8 Å². The van der Waals surface area contributed by atoms with Gasteiger partial charge in [0, 0.05) is 32.9 Å². The Kier molecular flexibility index (Phi) is 5.48. The van der Waals surface area contributed by atoms with Gasteiger partial charge >= 0.3 is 5.97 Å². The SMILES string of the molecule is CCC[C@@]1(C(=O)OCC)N[C@@H](c2ccc(N(C)C)cc2)[C@H]2C(=O)N(C)C(=O)[C@H]21. The highest BCUT2D eigenvalue weighted by atomic mass is 16.5. The Morgan fingerprint density at radius 1 is 1.18 bits per heavy atom. The quantitative estimate of drug-likeness (QED) is 0.592. The van der Waals surface area contributed by atoms with Gasteiger partial charge in [-0.15, -0.1) is 0 Å². The minimum absolute atomic E-state index is 0.226.